The van der Waals surface area contributed by atoms with Gasteiger partial charge in [-0.05, 0) is 37.1 Å². The Hall–Kier alpha value is -1.35. The molecule has 0 radical (unpaired) electrons. The minimum absolute atomic E-state index is 0.517. The molecule has 18 heavy (non-hydrogen) atoms. The van der Waals surface area contributed by atoms with Crippen molar-refractivity contribution in [3.8, 4) is 5.75 Å². The van der Waals surface area contributed by atoms with Crippen molar-refractivity contribution in [1.82, 2.24) is 4.90 Å². The summed E-state index contributed by atoms with van der Waals surface area (Å²) in [5.41, 5.74) is 3.92. The lowest BCUT2D eigenvalue weighted by Gasteiger charge is -2.41. The van der Waals surface area contributed by atoms with Gasteiger partial charge in [-0.25, -0.2) is 0 Å². The zero-order valence-corrected chi connectivity index (χ0v) is 11.1. The topological polar surface area (TPSA) is 24.8 Å². The second kappa shape index (κ2) is 4.73. The fourth-order valence-electron chi connectivity index (χ4n) is 3.22. The highest BCUT2D eigenvalue weighted by Gasteiger charge is 2.33. The summed E-state index contributed by atoms with van der Waals surface area (Å²) in [7, 11) is 3.64. The molecule has 3 heteroatoms. The summed E-state index contributed by atoms with van der Waals surface area (Å²) in [4.78, 5) is 7.14. The Bertz CT molecular complexity index is 481. The summed E-state index contributed by atoms with van der Waals surface area (Å²) >= 11 is 0. The number of fused-ring (bicyclic) bond motifs is 2. The highest BCUT2D eigenvalue weighted by Crippen LogP contribution is 2.31. The molecule has 0 aliphatic carbocycles. The molecule has 3 nitrogen and oxygen atoms in total. The standard InChI is InChI=1S/C15H20N2O/c1-16-15-13-9-12(18-2)7-6-11(13)10-17-8-4-3-5-14(15)17/h6-7,9,14H,3-5,8,10H2,1-2H3. The zero-order chi connectivity index (χ0) is 12.5. The van der Waals surface area contributed by atoms with Gasteiger partial charge in [-0.1, -0.05) is 12.5 Å². The number of rotatable bonds is 1. The van der Waals surface area contributed by atoms with E-state index in [1.54, 1.807) is 7.11 Å². The van der Waals surface area contributed by atoms with Crippen LogP contribution in [0.2, 0.25) is 0 Å². The fourth-order valence-corrected chi connectivity index (χ4v) is 3.22. The maximum atomic E-state index is 5.34. The minimum atomic E-state index is 0.517. The van der Waals surface area contributed by atoms with Gasteiger partial charge in [-0.15, -0.1) is 0 Å². The van der Waals surface area contributed by atoms with Crippen LogP contribution in [-0.4, -0.2) is 37.4 Å². The maximum absolute atomic E-state index is 5.34. The second-order valence-corrected chi connectivity index (χ2v) is 5.11. The third kappa shape index (κ3) is 1.83. The van der Waals surface area contributed by atoms with Gasteiger partial charge in [0.05, 0.1) is 18.9 Å². The Kier molecular flexibility index (Phi) is 3.08. The van der Waals surface area contributed by atoms with Crippen LogP contribution in [0.5, 0.6) is 5.75 Å². The largest absolute Gasteiger partial charge is 0.497 e. The number of nitrogens with zero attached hydrogens (tertiary/aromatic N) is 2. The average Bonchev–Trinajstić information content (AvgIpc) is 2.44. The molecule has 2 heterocycles. The van der Waals surface area contributed by atoms with E-state index in [-0.39, 0.29) is 0 Å². The summed E-state index contributed by atoms with van der Waals surface area (Å²) < 4.78 is 5.34. The first-order chi connectivity index (χ1) is 8.83. The quantitative estimate of drug-likeness (QED) is 0.758. The number of benzene rings is 1. The molecule has 1 aromatic rings. The molecule has 0 bridgehead atoms. The van der Waals surface area contributed by atoms with Crippen molar-refractivity contribution in [1.29, 1.82) is 0 Å². The minimum Gasteiger partial charge on any atom is -0.497 e. The molecular formula is C15H20N2O. The monoisotopic (exact) mass is 244 g/mol. The Labute approximate surface area is 108 Å². The van der Waals surface area contributed by atoms with Crippen LogP contribution in [0.4, 0.5) is 0 Å². The van der Waals surface area contributed by atoms with Crippen molar-refractivity contribution >= 4 is 5.71 Å². The van der Waals surface area contributed by atoms with E-state index in [9.17, 15) is 0 Å². The molecule has 0 N–H and O–H groups in total. The van der Waals surface area contributed by atoms with Gasteiger partial charge >= 0.3 is 0 Å². The number of aliphatic imine (C=N–C) groups is 1. The number of methoxy groups -OCH3 is 1. The van der Waals surface area contributed by atoms with E-state index >= 15 is 0 Å². The van der Waals surface area contributed by atoms with Crippen LogP contribution >= 0.6 is 0 Å². The van der Waals surface area contributed by atoms with Gasteiger partial charge in [0.15, 0.2) is 0 Å². The Morgan fingerprint density at radius 3 is 3.00 bits per heavy atom. The van der Waals surface area contributed by atoms with E-state index in [0.717, 1.165) is 12.3 Å². The smallest absolute Gasteiger partial charge is 0.119 e. The van der Waals surface area contributed by atoms with E-state index in [4.69, 9.17) is 4.74 Å². The molecule has 1 aromatic carbocycles. The van der Waals surface area contributed by atoms with Crippen molar-refractivity contribution in [3.05, 3.63) is 29.3 Å². The molecular weight excluding hydrogens is 224 g/mol. The molecule has 2 aliphatic heterocycles. The van der Waals surface area contributed by atoms with Gasteiger partial charge in [0.2, 0.25) is 0 Å². The van der Waals surface area contributed by atoms with E-state index in [0.29, 0.717) is 6.04 Å². The molecule has 1 saturated heterocycles. The van der Waals surface area contributed by atoms with Gasteiger partial charge in [-0.3, -0.25) is 9.89 Å². The van der Waals surface area contributed by atoms with E-state index in [1.165, 1.54) is 42.6 Å². The predicted molar refractivity (Wildman–Crippen MR) is 73.5 cm³/mol. The van der Waals surface area contributed by atoms with Crippen molar-refractivity contribution in [2.24, 2.45) is 4.99 Å². The van der Waals surface area contributed by atoms with Crippen LogP contribution in [0.1, 0.15) is 30.4 Å². The van der Waals surface area contributed by atoms with Crippen LogP contribution in [0.3, 0.4) is 0 Å². The average molecular weight is 244 g/mol. The number of ether oxygens (including phenoxy) is 1. The summed E-state index contributed by atoms with van der Waals surface area (Å²) in [6.07, 6.45) is 3.88. The lowest BCUT2D eigenvalue weighted by molar-refractivity contribution is 0.178. The fraction of sp³-hybridized carbons (Fsp3) is 0.533. The molecule has 0 aromatic heterocycles. The first-order valence-electron chi connectivity index (χ1n) is 6.71. The highest BCUT2D eigenvalue weighted by atomic mass is 16.5. The van der Waals surface area contributed by atoms with Crippen molar-refractivity contribution in [2.75, 3.05) is 20.7 Å². The van der Waals surface area contributed by atoms with Crippen molar-refractivity contribution < 1.29 is 4.74 Å². The van der Waals surface area contributed by atoms with Crippen LogP contribution in [0, 0.1) is 0 Å². The molecule has 2 aliphatic rings. The van der Waals surface area contributed by atoms with Crippen molar-refractivity contribution in [2.45, 2.75) is 31.8 Å². The first kappa shape index (κ1) is 11.7. The molecule has 1 unspecified atom stereocenters. The van der Waals surface area contributed by atoms with Gasteiger partial charge < -0.3 is 4.74 Å². The second-order valence-electron chi connectivity index (χ2n) is 5.11. The summed E-state index contributed by atoms with van der Waals surface area (Å²) in [6, 6.07) is 6.90. The predicted octanol–water partition coefficient (Wildman–Crippen LogP) is 2.48. The van der Waals surface area contributed by atoms with Crippen LogP contribution in [0.25, 0.3) is 0 Å². The van der Waals surface area contributed by atoms with E-state index in [2.05, 4.69) is 28.1 Å². The zero-order valence-electron chi connectivity index (χ0n) is 11.1. The maximum Gasteiger partial charge on any atom is 0.119 e. The third-order valence-electron chi connectivity index (χ3n) is 4.14. The Morgan fingerprint density at radius 2 is 2.22 bits per heavy atom. The lowest BCUT2D eigenvalue weighted by Crippen LogP contribution is -2.48. The molecule has 1 atom stereocenters. The summed E-state index contributed by atoms with van der Waals surface area (Å²) in [5, 5.41) is 0. The lowest BCUT2D eigenvalue weighted by atomic mass is 9.86. The van der Waals surface area contributed by atoms with Crippen molar-refractivity contribution in [3.63, 3.8) is 0 Å². The molecule has 0 spiro atoms. The van der Waals surface area contributed by atoms with E-state index in [1.807, 2.05) is 7.05 Å². The molecule has 3 rings (SSSR count). The SMILES string of the molecule is CN=C1c2cc(OC)ccc2CN2CCCCC12. The van der Waals surface area contributed by atoms with Gasteiger partial charge in [-0.2, -0.15) is 0 Å². The van der Waals surface area contributed by atoms with Gasteiger partial charge in [0.25, 0.3) is 0 Å². The van der Waals surface area contributed by atoms with Gasteiger partial charge in [0, 0.05) is 19.2 Å². The molecule has 0 amide bonds. The number of hydrogen-bond acceptors (Lipinski definition) is 3. The normalized spacial score (nSPS) is 25.7. The Balaban J connectivity index is 2.05. The highest BCUT2D eigenvalue weighted by molar-refractivity contribution is 6.06. The van der Waals surface area contributed by atoms with Gasteiger partial charge in [0.1, 0.15) is 5.75 Å². The Morgan fingerprint density at radius 1 is 1.33 bits per heavy atom. The summed E-state index contributed by atoms with van der Waals surface area (Å²) in [5.74, 6) is 0.930. The van der Waals surface area contributed by atoms with Crippen LogP contribution < -0.4 is 4.74 Å². The van der Waals surface area contributed by atoms with Crippen LogP contribution in [0.15, 0.2) is 23.2 Å². The number of piperidine rings is 1. The summed E-state index contributed by atoms with van der Waals surface area (Å²) in [6.45, 7) is 2.26. The molecule has 96 valence electrons. The third-order valence-corrected chi connectivity index (χ3v) is 4.14. The first-order valence-corrected chi connectivity index (χ1v) is 6.71. The van der Waals surface area contributed by atoms with Crippen LogP contribution in [-0.2, 0) is 6.54 Å². The molecule has 0 saturated carbocycles. The number of hydrogen-bond donors (Lipinski definition) is 0. The molecule has 1 fully saturated rings. The van der Waals surface area contributed by atoms with E-state index < -0.39 is 0 Å².